The van der Waals surface area contributed by atoms with Gasteiger partial charge in [0.1, 0.15) is 0 Å². The Bertz CT molecular complexity index is 196. The highest BCUT2D eigenvalue weighted by Crippen LogP contribution is 2.13. The fraction of sp³-hybridized carbons (Fsp3) is 0.900. The zero-order valence-electron chi connectivity index (χ0n) is 8.90. The van der Waals surface area contributed by atoms with Gasteiger partial charge in [-0.1, -0.05) is 0 Å². The summed E-state index contributed by atoms with van der Waals surface area (Å²) < 4.78 is 5.43. The Morgan fingerprint density at radius 3 is 2.93 bits per heavy atom. The van der Waals surface area contributed by atoms with E-state index in [9.17, 15) is 4.79 Å². The topological polar surface area (TPSA) is 49.8 Å². The summed E-state index contributed by atoms with van der Waals surface area (Å²) in [5, 5.41) is 8.64. The molecule has 0 saturated carbocycles. The standard InChI is InChI=1S/C10H19NO3/c1-8-7-14-9(2)6-11(8)10(13)4-3-5-12/h8-9,12H,3-7H2,1-2H3. The molecule has 1 heterocycles. The first-order chi connectivity index (χ1) is 6.65. The van der Waals surface area contributed by atoms with Crippen LogP contribution in [0, 0.1) is 0 Å². The molecule has 0 aromatic rings. The molecule has 1 rings (SSSR count). The van der Waals surface area contributed by atoms with Gasteiger partial charge in [0.05, 0.1) is 18.8 Å². The Morgan fingerprint density at radius 1 is 1.57 bits per heavy atom. The molecule has 1 aliphatic rings. The molecule has 1 N–H and O–H groups in total. The summed E-state index contributed by atoms with van der Waals surface area (Å²) >= 11 is 0. The monoisotopic (exact) mass is 201 g/mol. The molecule has 0 spiro atoms. The van der Waals surface area contributed by atoms with Crippen LogP contribution in [0.4, 0.5) is 0 Å². The predicted molar refractivity (Wildman–Crippen MR) is 52.9 cm³/mol. The zero-order chi connectivity index (χ0) is 10.6. The van der Waals surface area contributed by atoms with Crippen LogP contribution in [0.3, 0.4) is 0 Å². The number of aliphatic hydroxyl groups excluding tert-OH is 1. The van der Waals surface area contributed by atoms with Gasteiger partial charge in [-0.3, -0.25) is 4.79 Å². The summed E-state index contributed by atoms with van der Waals surface area (Å²) in [4.78, 5) is 13.5. The molecular weight excluding hydrogens is 182 g/mol. The smallest absolute Gasteiger partial charge is 0.223 e. The summed E-state index contributed by atoms with van der Waals surface area (Å²) in [6.45, 7) is 5.33. The molecule has 1 aliphatic heterocycles. The van der Waals surface area contributed by atoms with Crippen LogP contribution >= 0.6 is 0 Å². The maximum Gasteiger partial charge on any atom is 0.223 e. The number of rotatable bonds is 3. The van der Waals surface area contributed by atoms with E-state index in [-0.39, 0.29) is 24.7 Å². The third-order valence-electron chi connectivity index (χ3n) is 2.48. The van der Waals surface area contributed by atoms with Crippen LogP contribution in [0.5, 0.6) is 0 Å². The third kappa shape index (κ3) is 2.96. The second-order valence-corrected chi connectivity index (χ2v) is 3.87. The van der Waals surface area contributed by atoms with Gasteiger partial charge >= 0.3 is 0 Å². The number of morpholine rings is 1. The lowest BCUT2D eigenvalue weighted by atomic mass is 10.1. The lowest BCUT2D eigenvalue weighted by molar-refractivity contribution is -0.143. The predicted octanol–water partition coefficient (Wildman–Crippen LogP) is 0.395. The summed E-state index contributed by atoms with van der Waals surface area (Å²) in [6, 6.07) is 0.164. The first-order valence-corrected chi connectivity index (χ1v) is 5.17. The number of carbonyl (C=O) groups excluding carboxylic acids is 1. The minimum absolute atomic E-state index is 0.0833. The molecule has 1 saturated heterocycles. The van der Waals surface area contributed by atoms with Gasteiger partial charge in [0, 0.05) is 19.6 Å². The van der Waals surface area contributed by atoms with Gasteiger partial charge < -0.3 is 14.7 Å². The molecule has 0 aromatic carbocycles. The van der Waals surface area contributed by atoms with Crippen LogP contribution in [0.1, 0.15) is 26.7 Å². The number of hydrogen-bond donors (Lipinski definition) is 1. The molecule has 14 heavy (non-hydrogen) atoms. The molecule has 82 valence electrons. The number of nitrogens with zero attached hydrogens (tertiary/aromatic N) is 1. The molecule has 4 nitrogen and oxygen atoms in total. The largest absolute Gasteiger partial charge is 0.396 e. The minimum Gasteiger partial charge on any atom is -0.396 e. The lowest BCUT2D eigenvalue weighted by Gasteiger charge is -2.36. The number of carbonyl (C=O) groups is 1. The van der Waals surface area contributed by atoms with Crippen LogP contribution in [-0.4, -0.2) is 47.8 Å². The van der Waals surface area contributed by atoms with Gasteiger partial charge in [-0.05, 0) is 20.3 Å². The Labute approximate surface area is 84.8 Å². The van der Waals surface area contributed by atoms with E-state index in [4.69, 9.17) is 9.84 Å². The van der Waals surface area contributed by atoms with E-state index in [0.717, 1.165) is 0 Å². The molecule has 0 aliphatic carbocycles. The van der Waals surface area contributed by atoms with Crippen molar-refractivity contribution >= 4 is 5.91 Å². The molecule has 0 aromatic heterocycles. The minimum atomic E-state index is 0.0833. The average molecular weight is 201 g/mol. The van der Waals surface area contributed by atoms with Gasteiger partial charge in [0.25, 0.3) is 0 Å². The number of amides is 1. The van der Waals surface area contributed by atoms with E-state index in [2.05, 4.69) is 0 Å². The van der Waals surface area contributed by atoms with Crippen molar-refractivity contribution in [3.05, 3.63) is 0 Å². The van der Waals surface area contributed by atoms with Gasteiger partial charge in [-0.2, -0.15) is 0 Å². The van der Waals surface area contributed by atoms with Crippen LogP contribution < -0.4 is 0 Å². The Hall–Kier alpha value is -0.610. The first kappa shape index (κ1) is 11.5. The van der Waals surface area contributed by atoms with E-state index in [1.165, 1.54) is 0 Å². The number of aliphatic hydroxyl groups is 1. The molecule has 2 unspecified atom stereocenters. The van der Waals surface area contributed by atoms with Crippen molar-refractivity contribution < 1.29 is 14.6 Å². The first-order valence-electron chi connectivity index (χ1n) is 5.17. The summed E-state index contributed by atoms with van der Waals surface area (Å²) in [5.41, 5.74) is 0. The zero-order valence-corrected chi connectivity index (χ0v) is 8.90. The fourth-order valence-corrected chi connectivity index (χ4v) is 1.62. The Kier molecular flexibility index (Phi) is 4.35. The third-order valence-corrected chi connectivity index (χ3v) is 2.48. The summed E-state index contributed by atoms with van der Waals surface area (Å²) in [5.74, 6) is 0.127. The second kappa shape index (κ2) is 5.32. The molecule has 0 radical (unpaired) electrons. The highest BCUT2D eigenvalue weighted by Gasteiger charge is 2.26. The molecular formula is C10H19NO3. The van der Waals surface area contributed by atoms with E-state index >= 15 is 0 Å². The van der Waals surface area contributed by atoms with E-state index < -0.39 is 0 Å². The summed E-state index contributed by atoms with van der Waals surface area (Å²) in [7, 11) is 0. The van der Waals surface area contributed by atoms with Crippen LogP contribution in [0.25, 0.3) is 0 Å². The fourth-order valence-electron chi connectivity index (χ4n) is 1.62. The van der Waals surface area contributed by atoms with Crippen molar-refractivity contribution in [2.45, 2.75) is 38.8 Å². The van der Waals surface area contributed by atoms with Crippen LogP contribution in [-0.2, 0) is 9.53 Å². The Morgan fingerprint density at radius 2 is 2.29 bits per heavy atom. The van der Waals surface area contributed by atoms with Crippen molar-refractivity contribution in [3.8, 4) is 0 Å². The maximum absolute atomic E-state index is 11.7. The van der Waals surface area contributed by atoms with Crippen LogP contribution in [0.2, 0.25) is 0 Å². The van der Waals surface area contributed by atoms with Gasteiger partial charge in [0.15, 0.2) is 0 Å². The average Bonchev–Trinajstić information content (AvgIpc) is 2.18. The lowest BCUT2D eigenvalue weighted by Crippen LogP contribution is -2.50. The van der Waals surface area contributed by atoms with E-state index in [0.29, 0.717) is 26.0 Å². The van der Waals surface area contributed by atoms with Crippen molar-refractivity contribution in [1.29, 1.82) is 0 Å². The molecule has 4 heteroatoms. The molecule has 1 fully saturated rings. The van der Waals surface area contributed by atoms with Gasteiger partial charge in [-0.25, -0.2) is 0 Å². The highest BCUT2D eigenvalue weighted by atomic mass is 16.5. The second-order valence-electron chi connectivity index (χ2n) is 3.87. The SMILES string of the molecule is CC1CN(C(=O)CCCO)C(C)CO1. The Balaban J connectivity index is 2.43. The van der Waals surface area contributed by atoms with Gasteiger partial charge in [-0.15, -0.1) is 0 Å². The normalized spacial score (nSPS) is 27.8. The molecule has 1 amide bonds. The van der Waals surface area contributed by atoms with Crippen molar-refractivity contribution in [2.24, 2.45) is 0 Å². The number of hydrogen-bond acceptors (Lipinski definition) is 3. The van der Waals surface area contributed by atoms with Crippen LogP contribution in [0.15, 0.2) is 0 Å². The quantitative estimate of drug-likeness (QED) is 0.719. The van der Waals surface area contributed by atoms with Crippen molar-refractivity contribution in [2.75, 3.05) is 19.8 Å². The number of ether oxygens (including phenoxy) is 1. The highest BCUT2D eigenvalue weighted by molar-refractivity contribution is 5.76. The van der Waals surface area contributed by atoms with Crippen molar-refractivity contribution in [3.63, 3.8) is 0 Å². The maximum atomic E-state index is 11.7. The van der Waals surface area contributed by atoms with Gasteiger partial charge in [0.2, 0.25) is 5.91 Å². The molecule has 0 bridgehead atoms. The van der Waals surface area contributed by atoms with Crippen molar-refractivity contribution in [1.82, 2.24) is 4.90 Å². The van der Waals surface area contributed by atoms with E-state index in [1.54, 1.807) is 0 Å². The molecule has 2 atom stereocenters. The summed E-state index contributed by atoms with van der Waals surface area (Å²) in [6.07, 6.45) is 1.12. The van der Waals surface area contributed by atoms with E-state index in [1.807, 2.05) is 18.7 Å².